The third-order valence-electron chi connectivity index (χ3n) is 4.99. The highest BCUT2D eigenvalue weighted by molar-refractivity contribution is 5.97. The first-order chi connectivity index (χ1) is 14.3. The third kappa shape index (κ3) is 5.28. The van der Waals surface area contributed by atoms with E-state index in [1.165, 1.54) is 6.07 Å². The number of nitrogens with zero attached hydrogens (tertiary/aromatic N) is 2. The first-order valence-electron chi connectivity index (χ1n) is 9.75. The molecule has 3 rings (SSSR count). The number of carbonyl (C=O) groups excluding carboxylic acids is 2. The van der Waals surface area contributed by atoms with Crippen molar-refractivity contribution in [3.8, 4) is 0 Å². The second-order valence-electron chi connectivity index (χ2n) is 7.09. The Hall–Kier alpha value is -3.10. The van der Waals surface area contributed by atoms with E-state index in [-0.39, 0.29) is 17.7 Å². The van der Waals surface area contributed by atoms with E-state index >= 15 is 0 Å². The monoisotopic (exact) mass is 420 g/mol. The maximum atomic E-state index is 12.7. The molecule has 0 bridgehead atoms. The molecule has 1 aromatic carbocycles. The minimum Gasteiger partial charge on any atom is -0.357 e. The van der Waals surface area contributed by atoms with Crippen LogP contribution in [0.2, 0.25) is 0 Å². The largest absolute Gasteiger partial charge is 0.417 e. The lowest BCUT2D eigenvalue weighted by Gasteiger charge is -2.32. The SMILES string of the molecule is CCNC(=O)c1cccc(NC(=O)C2CCN(c3ccc(C(F)(F)F)cn3)CC2)c1. The van der Waals surface area contributed by atoms with Crippen LogP contribution in [0.1, 0.15) is 35.7 Å². The molecule has 9 heteroatoms. The van der Waals surface area contributed by atoms with Crippen LogP contribution in [-0.4, -0.2) is 36.4 Å². The molecule has 2 heterocycles. The van der Waals surface area contributed by atoms with Gasteiger partial charge in [0.25, 0.3) is 5.91 Å². The van der Waals surface area contributed by atoms with Gasteiger partial charge in [0, 0.05) is 43.0 Å². The van der Waals surface area contributed by atoms with E-state index in [1.807, 2.05) is 11.8 Å². The molecule has 1 fully saturated rings. The van der Waals surface area contributed by atoms with Crippen molar-refractivity contribution in [3.05, 3.63) is 53.7 Å². The van der Waals surface area contributed by atoms with E-state index in [4.69, 9.17) is 0 Å². The van der Waals surface area contributed by atoms with Gasteiger partial charge in [0.05, 0.1) is 5.56 Å². The number of hydrogen-bond acceptors (Lipinski definition) is 4. The Kier molecular flexibility index (Phi) is 6.59. The van der Waals surface area contributed by atoms with E-state index in [2.05, 4.69) is 15.6 Å². The summed E-state index contributed by atoms with van der Waals surface area (Å²) >= 11 is 0. The van der Waals surface area contributed by atoms with Crippen LogP contribution in [0.15, 0.2) is 42.6 Å². The van der Waals surface area contributed by atoms with E-state index < -0.39 is 11.7 Å². The van der Waals surface area contributed by atoms with Crippen LogP contribution in [0.4, 0.5) is 24.7 Å². The number of benzene rings is 1. The zero-order valence-electron chi connectivity index (χ0n) is 16.5. The van der Waals surface area contributed by atoms with Gasteiger partial charge in [0.2, 0.25) is 5.91 Å². The van der Waals surface area contributed by atoms with Crippen molar-refractivity contribution in [2.24, 2.45) is 5.92 Å². The van der Waals surface area contributed by atoms with Crippen LogP contribution < -0.4 is 15.5 Å². The summed E-state index contributed by atoms with van der Waals surface area (Å²) < 4.78 is 38.0. The lowest BCUT2D eigenvalue weighted by molar-refractivity contribution is -0.137. The van der Waals surface area contributed by atoms with Crippen molar-refractivity contribution < 1.29 is 22.8 Å². The molecule has 1 saturated heterocycles. The smallest absolute Gasteiger partial charge is 0.357 e. The lowest BCUT2D eigenvalue weighted by atomic mass is 9.95. The molecule has 2 N–H and O–H groups in total. The van der Waals surface area contributed by atoms with Gasteiger partial charge < -0.3 is 15.5 Å². The quantitative estimate of drug-likeness (QED) is 0.774. The molecule has 0 spiro atoms. The average Bonchev–Trinajstić information content (AvgIpc) is 2.74. The molecular formula is C21H23F3N4O2. The number of aromatic nitrogens is 1. The summed E-state index contributed by atoms with van der Waals surface area (Å²) in [6.45, 7) is 3.39. The number of hydrogen-bond donors (Lipinski definition) is 2. The van der Waals surface area contributed by atoms with E-state index in [0.29, 0.717) is 49.5 Å². The summed E-state index contributed by atoms with van der Waals surface area (Å²) in [5.41, 5.74) is 0.240. The number of amides is 2. The number of pyridine rings is 1. The average molecular weight is 420 g/mol. The highest BCUT2D eigenvalue weighted by Crippen LogP contribution is 2.30. The van der Waals surface area contributed by atoms with Gasteiger partial charge >= 0.3 is 6.18 Å². The molecule has 0 atom stereocenters. The molecule has 6 nitrogen and oxygen atoms in total. The van der Waals surface area contributed by atoms with Gasteiger partial charge in [0.1, 0.15) is 5.82 Å². The summed E-state index contributed by atoms with van der Waals surface area (Å²) in [6.07, 6.45) is -2.46. The summed E-state index contributed by atoms with van der Waals surface area (Å²) in [6, 6.07) is 9.11. The minimum absolute atomic E-state index is 0.136. The fourth-order valence-electron chi connectivity index (χ4n) is 3.36. The van der Waals surface area contributed by atoms with Gasteiger partial charge in [-0.1, -0.05) is 6.07 Å². The predicted molar refractivity (Wildman–Crippen MR) is 107 cm³/mol. The number of anilines is 2. The Morgan fingerprint density at radius 2 is 1.90 bits per heavy atom. The Bertz CT molecular complexity index is 892. The van der Waals surface area contributed by atoms with E-state index in [0.717, 1.165) is 12.3 Å². The normalized spacial score (nSPS) is 15.0. The first-order valence-corrected chi connectivity index (χ1v) is 9.75. The van der Waals surface area contributed by atoms with Gasteiger partial charge in [-0.2, -0.15) is 13.2 Å². The second-order valence-corrected chi connectivity index (χ2v) is 7.09. The van der Waals surface area contributed by atoms with Crippen molar-refractivity contribution >= 4 is 23.3 Å². The Labute approximate surface area is 172 Å². The topological polar surface area (TPSA) is 74.3 Å². The molecule has 0 saturated carbocycles. The number of alkyl halides is 3. The molecule has 160 valence electrons. The Balaban J connectivity index is 1.55. The Morgan fingerprint density at radius 3 is 2.50 bits per heavy atom. The van der Waals surface area contributed by atoms with Crippen molar-refractivity contribution in [3.63, 3.8) is 0 Å². The van der Waals surface area contributed by atoms with Crippen LogP contribution in [0.5, 0.6) is 0 Å². The summed E-state index contributed by atoms with van der Waals surface area (Å²) in [5.74, 6) is -0.0886. The number of halogens is 3. The van der Waals surface area contributed by atoms with Gasteiger partial charge in [-0.05, 0) is 50.1 Å². The van der Waals surface area contributed by atoms with Crippen LogP contribution in [-0.2, 0) is 11.0 Å². The number of piperidine rings is 1. The van der Waals surface area contributed by atoms with Crippen molar-refractivity contribution in [1.82, 2.24) is 10.3 Å². The van der Waals surface area contributed by atoms with Crippen molar-refractivity contribution in [2.75, 3.05) is 29.9 Å². The Morgan fingerprint density at radius 1 is 1.17 bits per heavy atom. The zero-order chi connectivity index (χ0) is 21.7. The molecule has 2 amide bonds. The summed E-state index contributed by atoms with van der Waals surface area (Å²) in [5, 5.41) is 5.56. The van der Waals surface area contributed by atoms with Gasteiger partial charge in [0.15, 0.2) is 0 Å². The van der Waals surface area contributed by atoms with E-state index in [1.54, 1.807) is 24.3 Å². The number of nitrogens with one attached hydrogen (secondary N) is 2. The highest BCUT2D eigenvalue weighted by atomic mass is 19.4. The molecule has 0 unspecified atom stereocenters. The maximum absolute atomic E-state index is 12.7. The van der Waals surface area contributed by atoms with Crippen LogP contribution in [0.3, 0.4) is 0 Å². The molecule has 0 aliphatic carbocycles. The standard InChI is InChI=1S/C21H23F3N4O2/c1-2-25-19(29)15-4-3-5-17(12-15)27-20(30)14-8-10-28(11-9-14)18-7-6-16(13-26-18)21(22,23)24/h3-7,12-14H,2,8-11H2,1H3,(H,25,29)(H,27,30). The maximum Gasteiger partial charge on any atom is 0.417 e. The summed E-state index contributed by atoms with van der Waals surface area (Å²) in [7, 11) is 0. The second kappa shape index (κ2) is 9.15. The molecule has 1 aromatic heterocycles. The van der Waals surface area contributed by atoms with Crippen LogP contribution >= 0.6 is 0 Å². The van der Waals surface area contributed by atoms with Crippen LogP contribution in [0.25, 0.3) is 0 Å². The molecular weight excluding hydrogens is 397 g/mol. The molecule has 1 aliphatic rings. The summed E-state index contributed by atoms with van der Waals surface area (Å²) in [4.78, 5) is 30.3. The number of rotatable bonds is 5. The van der Waals surface area contributed by atoms with E-state index in [9.17, 15) is 22.8 Å². The van der Waals surface area contributed by atoms with Crippen molar-refractivity contribution in [1.29, 1.82) is 0 Å². The minimum atomic E-state index is -4.41. The van der Waals surface area contributed by atoms with Gasteiger partial charge in [-0.25, -0.2) is 4.98 Å². The predicted octanol–water partition coefficient (Wildman–Crippen LogP) is 3.71. The molecule has 2 aromatic rings. The zero-order valence-corrected chi connectivity index (χ0v) is 16.5. The molecule has 0 radical (unpaired) electrons. The third-order valence-corrected chi connectivity index (χ3v) is 4.99. The fraction of sp³-hybridized carbons (Fsp3) is 0.381. The molecule has 30 heavy (non-hydrogen) atoms. The highest BCUT2D eigenvalue weighted by Gasteiger charge is 2.31. The fourth-order valence-corrected chi connectivity index (χ4v) is 3.36. The van der Waals surface area contributed by atoms with Gasteiger partial charge in [-0.15, -0.1) is 0 Å². The first kappa shape index (κ1) is 21.6. The number of carbonyl (C=O) groups is 2. The molecule has 1 aliphatic heterocycles. The lowest BCUT2D eigenvalue weighted by Crippen LogP contribution is -2.38. The van der Waals surface area contributed by atoms with Crippen LogP contribution in [0, 0.1) is 5.92 Å². The van der Waals surface area contributed by atoms with Gasteiger partial charge in [-0.3, -0.25) is 9.59 Å². The van der Waals surface area contributed by atoms with Crippen molar-refractivity contribution in [2.45, 2.75) is 25.9 Å².